The van der Waals surface area contributed by atoms with E-state index in [1.165, 1.54) is 0 Å². The molecule has 0 saturated heterocycles. The largest absolute Gasteiger partial charge is 0.444 e. The molecule has 0 bridgehead atoms. The zero-order valence-corrected chi connectivity index (χ0v) is 18.8. The van der Waals surface area contributed by atoms with Gasteiger partial charge in [-0.15, -0.1) is 0 Å². The molecule has 31 heavy (non-hydrogen) atoms. The Kier molecular flexibility index (Phi) is 8.19. The van der Waals surface area contributed by atoms with Gasteiger partial charge in [0.2, 0.25) is 5.91 Å². The predicted molar refractivity (Wildman–Crippen MR) is 121 cm³/mol. The summed E-state index contributed by atoms with van der Waals surface area (Å²) in [5, 5.41) is 8.24. The smallest absolute Gasteiger partial charge is 0.407 e. The number of rotatable bonds is 7. The summed E-state index contributed by atoms with van der Waals surface area (Å²) in [5.74, 6) is -0.377. The molecule has 0 aliphatic heterocycles. The van der Waals surface area contributed by atoms with Crippen molar-refractivity contribution in [2.75, 3.05) is 11.9 Å². The molecule has 0 unspecified atom stereocenters. The van der Waals surface area contributed by atoms with Gasteiger partial charge in [-0.05, 0) is 75.6 Å². The maximum atomic E-state index is 12.5. The number of carbonyl (C=O) groups is 3. The molecule has 2 aromatic rings. The van der Waals surface area contributed by atoms with Gasteiger partial charge >= 0.3 is 6.09 Å². The standard InChI is InChI=1S/C24H31N3O4/c1-16-9-10-19(13-17(16)2)22(29)27-20-8-6-7-18(14-20)15-26-21(28)11-12-25-23(30)31-24(3,4)5/h6-10,13-14H,11-12,15H2,1-5H3,(H,25,30)(H,26,28)(H,27,29). The molecule has 0 heterocycles. The van der Waals surface area contributed by atoms with Crippen LogP contribution in [0.1, 0.15) is 54.2 Å². The van der Waals surface area contributed by atoms with Crippen molar-refractivity contribution in [1.29, 1.82) is 0 Å². The van der Waals surface area contributed by atoms with Gasteiger partial charge in [0.1, 0.15) is 5.60 Å². The van der Waals surface area contributed by atoms with Crippen LogP contribution in [-0.4, -0.2) is 30.1 Å². The Morgan fingerprint density at radius 3 is 2.35 bits per heavy atom. The highest BCUT2D eigenvalue weighted by Crippen LogP contribution is 2.15. The first-order valence-corrected chi connectivity index (χ1v) is 10.2. The Bertz CT molecular complexity index is 948. The second-order valence-electron chi connectivity index (χ2n) is 8.41. The molecule has 0 atom stereocenters. The Balaban J connectivity index is 1.81. The molecule has 0 radical (unpaired) electrons. The van der Waals surface area contributed by atoms with Crippen molar-refractivity contribution in [3.8, 4) is 0 Å². The summed E-state index contributed by atoms with van der Waals surface area (Å²) in [6.07, 6.45) is -0.407. The Morgan fingerprint density at radius 1 is 0.935 bits per heavy atom. The summed E-state index contributed by atoms with van der Waals surface area (Å²) in [6, 6.07) is 12.9. The molecular weight excluding hydrogens is 394 g/mol. The minimum atomic E-state index is -0.578. The number of hydrogen-bond donors (Lipinski definition) is 3. The summed E-state index contributed by atoms with van der Waals surface area (Å²) in [5.41, 5.74) is 3.72. The number of nitrogens with one attached hydrogen (secondary N) is 3. The van der Waals surface area contributed by atoms with Gasteiger partial charge in [0.05, 0.1) is 0 Å². The molecular formula is C24H31N3O4. The molecule has 3 amide bonds. The third-order valence-corrected chi connectivity index (χ3v) is 4.46. The van der Waals surface area contributed by atoms with E-state index in [4.69, 9.17) is 4.74 Å². The van der Waals surface area contributed by atoms with E-state index in [0.29, 0.717) is 17.8 Å². The van der Waals surface area contributed by atoms with Crippen molar-refractivity contribution in [1.82, 2.24) is 10.6 Å². The molecule has 0 aliphatic carbocycles. The van der Waals surface area contributed by atoms with Gasteiger partial charge in [0.25, 0.3) is 5.91 Å². The van der Waals surface area contributed by atoms with Gasteiger partial charge in [-0.3, -0.25) is 9.59 Å². The van der Waals surface area contributed by atoms with Crippen molar-refractivity contribution in [2.24, 2.45) is 0 Å². The van der Waals surface area contributed by atoms with Crippen LogP contribution in [0.5, 0.6) is 0 Å². The molecule has 2 rings (SSSR count). The number of benzene rings is 2. The maximum absolute atomic E-state index is 12.5. The number of ether oxygens (including phenoxy) is 1. The van der Waals surface area contributed by atoms with Gasteiger partial charge in [-0.2, -0.15) is 0 Å². The van der Waals surface area contributed by atoms with Crippen LogP contribution in [0.25, 0.3) is 0 Å². The minimum absolute atomic E-state index is 0.141. The Hall–Kier alpha value is -3.35. The van der Waals surface area contributed by atoms with Crippen molar-refractivity contribution in [3.63, 3.8) is 0 Å². The molecule has 0 spiro atoms. The molecule has 7 nitrogen and oxygen atoms in total. The van der Waals surface area contributed by atoms with Crippen molar-refractivity contribution in [2.45, 2.75) is 53.2 Å². The average molecular weight is 426 g/mol. The Labute approximate surface area is 183 Å². The number of hydrogen-bond acceptors (Lipinski definition) is 4. The Morgan fingerprint density at radius 2 is 1.68 bits per heavy atom. The van der Waals surface area contributed by atoms with Crippen LogP contribution in [0.2, 0.25) is 0 Å². The van der Waals surface area contributed by atoms with Crippen LogP contribution >= 0.6 is 0 Å². The first-order valence-electron chi connectivity index (χ1n) is 10.2. The van der Waals surface area contributed by atoms with Gasteiger partial charge in [0.15, 0.2) is 0 Å². The van der Waals surface area contributed by atoms with Crippen LogP contribution in [-0.2, 0) is 16.1 Å². The van der Waals surface area contributed by atoms with Gasteiger partial charge in [-0.25, -0.2) is 4.79 Å². The lowest BCUT2D eigenvalue weighted by Gasteiger charge is -2.19. The molecule has 2 aromatic carbocycles. The maximum Gasteiger partial charge on any atom is 0.407 e. The van der Waals surface area contributed by atoms with Crippen LogP contribution in [0, 0.1) is 13.8 Å². The SMILES string of the molecule is Cc1ccc(C(=O)Nc2cccc(CNC(=O)CCNC(=O)OC(C)(C)C)c2)cc1C. The first-order chi connectivity index (χ1) is 14.5. The van der Waals surface area contributed by atoms with Gasteiger partial charge in [0, 0.05) is 30.8 Å². The minimum Gasteiger partial charge on any atom is -0.444 e. The second kappa shape index (κ2) is 10.6. The summed E-state index contributed by atoms with van der Waals surface area (Å²) >= 11 is 0. The molecule has 7 heteroatoms. The first kappa shape index (κ1) is 23.9. The molecule has 0 saturated carbocycles. The summed E-state index contributed by atoms with van der Waals surface area (Å²) in [4.78, 5) is 36.1. The molecule has 0 aromatic heterocycles. The number of aryl methyl sites for hydroxylation is 2. The lowest BCUT2D eigenvalue weighted by molar-refractivity contribution is -0.121. The third kappa shape index (κ3) is 8.50. The monoisotopic (exact) mass is 425 g/mol. The van der Waals surface area contributed by atoms with E-state index in [1.807, 2.05) is 44.2 Å². The van der Waals surface area contributed by atoms with Crippen LogP contribution in [0.15, 0.2) is 42.5 Å². The summed E-state index contributed by atoms with van der Waals surface area (Å²) < 4.78 is 5.12. The van der Waals surface area contributed by atoms with Crippen LogP contribution < -0.4 is 16.0 Å². The van der Waals surface area contributed by atoms with E-state index in [1.54, 1.807) is 32.9 Å². The number of alkyl carbamates (subject to hydrolysis) is 1. The van der Waals surface area contributed by atoms with Gasteiger partial charge in [-0.1, -0.05) is 18.2 Å². The van der Waals surface area contributed by atoms with Gasteiger partial charge < -0.3 is 20.7 Å². The fourth-order valence-corrected chi connectivity index (χ4v) is 2.73. The third-order valence-electron chi connectivity index (χ3n) is 4.46. The summed E-state index contributed by atoms with van der Waals surface area (Å²) in [7, 11) is 0. The highest BCUT2D eigenvalue weighted by molar-refractivity contribution is 6.04. The quantitative estimate of drug-likeness (QED) is 0.623. The van der Waals surface area contributed by atoms with E-state index in [9.17, 15) is 14.4 Å². The average Bonchev–Trinajstić information content (AvgIpc) is 2.67. The molecule has 0 fully saturated rings. The zero-order chi connectivity index (χ0) is 23.0. The van der Waals surface area contributed by atoms with Crippen LogP contribution in [0.4, 0.5) is 10.5 Å². The fourth-order valence-electron chi connectivity index (χ4n) is 2.73. The second-order valence-corrected chi connectivity index (χ2v) is 8.41. The molecule has 3 N–H and O–H groups in total. The highest BCUT2D eigenvalue weighted by atomic mass is 16.6. The number of anilines is 1. The van der Waals surface area contributed by atoms with Crippen LogP contribution in [0.3, 0.4) is 0 Å². The zero-order valence-electron chi connectivity index (χ0n) is 18.8. The normalized spacial score (nSPS) is 10.9. The van der Waals surface area contributed by atoms with E-state index >= 15 is 0 Å². The van der Waals surface area contributed by atoms with E-state index < -0.39 is 11.7 Å². The molecule has 0 aliphatic rings. The van der Waals surface area contributed by atoms with Crippen molar-refractivity contribution in [3.05, 3.63) is 64.7 Å². The lowest BCUT2D eigenvalue weighted by atomic mass is 10.1. The predicted octanol–water partition coefficient (Wildman–Crippen LogP) is 4.09. The van der Waals surface area contributed by atoms with Crippen molar-refractivity contribution < 1.29 is 19.1 Å². The van der Waals surface area contributed by atoms with E-state index in [2.05, 4.69) is 16.0 Å². The number of carbonyl (C=O) groups excluding carboxylic acids is 3. The van der Waals surface area contributed by atoms with E-state index in [0.717, 1.165) is 16.7 Å². The van der Waals surface area contributed by atoms with Crippen molar-refractivity contribution >= 4 is 23.6 Å². The topological polar surface area (TPSA) is 96.5 Å². The number of amides is 3. The highest BCUT2D eigenvalue weighted by Gasteiger charge is 2.16. The lowest BCUT2D eigenvalue weighted by Crippen LogP contribution is -2.35. The molecule has 166 valence electrons. The fraction of sp³-hybridized carbons (Fsp3) is 0.375. The summed E-state index contributed by atoms with van der Waals surface area (Å²) in [6.45, 7) is 9.80. The van der Waals surface area contributed by atoms with E-state index in [-0.39, 0.29) is 24.8 Å².